The highest BCUT2D eigenvalue weighted by molar-refractivity contribution is 5.94. The summed E-state index contributed by atoms with van der Waals surface area (Å²) in [6.45, 7) is 0. The number of hydrogen-bond donors (Lipinski definition) is 4. The largest absolute Gasteiger partial charge is 0.504 e. The Labute approximate surface area is 212 Å². The van der Waals surface area contributed by atoms with Gasteiger partial charge in [-0.15, -0.1) is 0 Å². The van der Waals surface area contributed by atoms with Gasteiger partial charge in [0.05, 0.1) is 25.9 Å². The SMILES string of the molecule is COc1cc(CCC(=O)C=CCCc2cc(NC(N)=NC3CCCCC3)c(O)c(OC)c2)ccc1O. The summed E-state index contributed by atoms with van der Waals surface area (Å²) in [5.41, 5.74) is 8.43. The van der Waals surface area contributed by atoms with Gasteiger partial charge in [0.2, 0.25) is 0 Å². The summed E-state index contributed by atoms with van der Waals surface area (Å²) in [5.74, 6) is 1.13. The number of anilines is 1. The van der Waals surface area contributed by atoms with Crippen LogP contribution in [0.15, 0.2) is 47.5 Å². The molecule has 8 heteroatoms. The molecule has 1 aliphatic carbocycles. The van der Waals surface area contributed by atoms with Crippen molar-refractivity contribution >= 4 is 17.4 Å². The average molecular weight is 496 g/mol. The monoisotopic (exact) mass is 495 g/mol. The molecule has 3 rings (SSSR count). The second-order valence-electron chi connectivity index (χ2n) is 9.04. The number of nitrogens with two attached hydrogens (primary N) is 1. The predicted octanol–water partition coefficient (Wildman–Crippen LogP) is 4.87. The third-order valence-electron chi connectivity index (χ3n) is 6.32. The Kier molecular flexibility index (Phi) is 10.0. The van der Waals surface area contributed by atoms with Crippen molar-refractivity contribution in [3.8, 4) is 23.0 Å². The van der Waals surface area contributed by atoms with Crippen LogP contribution < -0.4 is 20.5 Å². The van der Waals surface area contributed by atoms with E-state index in [1.54, 1.807) is 30.3 Å². The molecule has 0 bridgehead atoms. The molecule has 194 valence electrons. The van der Waals surface area contributed by atoms with E-state index in [9.17, 15) is 15.0 Å². The van der Waals surface area contributed by atoms with Gasteiger partial charge < -0.3 is 30.7 Å². The van der Waals surface area contributed by atoms with E-state index in [1.165, 1.54) is 20.6 Å². The molecular formula is C28H37N3O5. The molecule has 8 nitrogen and oxygen atoms in total. The molecule has 2 aromatic rings. The van der Waals surface area contributed by atoms with Crippen LogP contribution in [-0.4, -0.2) is 42.2 Å². The maximum Gasteiger partial charge on any atom is 0.193 e. The number of phenolic OH excluding ortho intramolecular Hbond substituents is 2. The molecule has 0 radical (unpaired) electrons. The minimum atomic E-state index is -0.0142. The first-order chi connectivity index (χ1) is 17.4. The summed E-state index contributed by atoms with van der Waals surface area (Å²) in [7, 11) is 3.00. The molecule has 0 heterocycles. The highest BCUT2D eigenvalue weighted by Gasteiger charge is 2.15. The lowest BCUT2D eigenvalue weighted by molar-refractivity contribution is -0.114. The fourth-order valence-electron chi connectivity index (χ4n) is 4.33. The second-order valence-corrected chi connectivity index (χ2v) is 9.04. The number of phenols is 2. The zero-order valence-corrected chi connectivity index (χ0v) is 21.1. The molecule has 1 aliphatic rings. The van der Waals surface area contributed by atoms with E-state index >= 15 is 0 Å². The van der Waals surface area contributed by atoms with Gasteiger partial charge in [-0.3, -0.25) is 4.79 Å². The van der Waals surface area contributed by atoms with Gasteiger partial charge >= 0.3 is 0 Å². The Morgan fingerprint density at radius 2 is 1.78 bits per heavy atom. The molecule has 36 heavy (non-hydrogen) atoms. The van der Waals surface area contributed by atoms with E-state index in [2.05, 4.69) is 10.3 Å². The zero-order chi connectivity index (χ0) is 25.9. The molecule has 0 saturated heterocycles. The smallest absolute Gasteiger partial charge is 0.193 e. The molecule has 1 saturated carbocycles. The molecule has 0 aliphatic heterocycles. The van der Waals surface area contributed by atoms with E-state index in [0.29, 0.717) is 42.9 Å². The fraction of sp³-hybridized carbons (Fsp3) is 0.429. The lowest BCUT2D eigenvalue weighted by Crippen LogP contribution is -2.26. The van der Waals surface area contributed by atoms with Crippen LogP contribution in [0.3, 0.4) is 0 Å². The molecule has 0 atom stereocenters. The number of nitrogens with zero attached hydrogens (tertiary/aromatic N) is 1. The van der Waals surface area contributed by atoms with E-state index < -0.39 is 0 Å². The van der Waals surface area contributed by atoms with E-state index in [0.717, 1.165) is 36.8 Å². The highest BCUT2D eigenvalue weighted by atomic mass is 16.5. The van der Waals surface area contributed by atoms with Crippen molar-refractivity contribution in [2.24, 2.45) is 10.7 Å². The van der Waals surface area contributed by atoms with E-state index in [4.69, 9.17) is 15.2 Å². The zero-order valence-electron chi connectivity index (χ0n) is 21.1. The number of methoxy groups -OCH3 is 2. The maximum atomic E-state index is 12.3. The Morgan fingerprint density at radius 1 is 1.06 bits per heavy atom. The van der Waals surface area contributed by atoms with Gasteiger partial charge in [-0.25, -0.2) is 4.99 Å². The Balaban J connectivity index is 1.54. The minimum absolute atomic E-state index is 0.0142. The average Bonchev–Trinajstić information content (AvgIpc) is 2.88. The van der Waals surface area contributed by atoms with Crippen LogP contribution in [-0.2, 0) is 17.6 Å². The number of ketones is 1. The number of allylic oxidation sites excluding steroid dienone is 2. The summed E-state index contributed by atoms with van der Waals surface area (Å²) in [4.78, 5) is 16.8. The van der Waals surface area contributed by atoms with Crippen molar-refractivity contribution in [3.05, 3.63) is 53.6 Å². The van der Waals surface area contributed by atoms with Gasteiger partial charge in [0, 0.05) is 6.42 Å². The van der Waals surface area contributed by atoms with Crippen molar-refractivity contribution < 1.29 is 24.5 Å². The predicted molar refractivity (Wildman–Crippen MR) is 142 cm³/mol. The second kappa shape index (κ2) is 13.4. The molecule has 0 spiro atoms. The molecule has 0 aromatic heterocycles. The van der Waals surface area contributed by atoms with Crippen molar-refractivity contribution in [3.63, 3.8) is 0 Å². The minimum Gasteiger partial charge on any atom is -0.504 e. The van der Waals surface area contributed by atoms with E-state index in [-0.39, 0.29) is 29.3 Å². The first kappa shape index (κ1) is 26.9. The first-order valence-electron chi connectivity index (χ1n) is 12.4. The normalized spacial score (nSPS) is 14.7. The number of rotatable bonds is 11. The number of hydrogen-bond acceptors (Lipinski definition) is 6. The van der Waals surface area contributed by atoms with Crippen molar-refractivity contribution in [1.82, 2.24) is 0 Å². The van der Waals surface area contributed by atoms with Crippen LogP contribution in [0, 0.1) is 0 Å². The fourth-order valence-corrected chi connectivity index (χ4v) is 4.33. The van der Waals surface area contributed by atoms with Gasteiger partial charge in [-0.05, 0) is 73.6 Å². The molecule has 1 fully saturated rings. The summed E-state index contributed by atoms with van der Waals surface area (Å²) < 4.78 is 10.4. The van der Waals surface area contributed by atoms with Gasteiger partial charge in [-0.1, -0.05) is 31.4 Å². The van der Waals surface area contributed by atoms with Crippen LogP contribution in [0.1, 0.15) is 56.1 Å². The molecule has 0 unspecified atom stereocenters. The molecular weight excluding hydrogens is 458 g/mol. The number of ether oxygens (including phenoxy) is 2. The third-order valence-corrected chi connectivity index (χ3v) is 6.32. The Bertz CT molecular complexity index is 1090. The van der Waals surface area contributed by atoms with Crippen molar-refractivity contribution in [2.75, 3.05) is 19.5 Å². The maximum absolute atomic E-state index is 12.3. The van der Waals surface area contributed by atoms with Crippen molar-refractivity contribution in [2.45, 2.75) is 63.8 Å². The number of carbonyl (C=O) groups excluding carboxylic acids is 1. The Morgan fingerprint density at radius 3 is 2.50 bits per heavy atom. The van der Waals surface area contributed by atoms with Gasteiger partial charge in [0.25, 0.3) is 0 Å². The van der Waals surface area contributed by atoms with E-state index in [1.807, 2.05) is 12.1 Å². The summed E-state index contributed by atoms with van der Waals surface area (Å²) >= 11 is 0. The number of carbonyl (C=O) groups is 1. The molecule has 5 N–H and O–H groups in total. The quantitative estimate of drug-likeness (QED) is 0.152. The van der Waals surface area contributed by atoms with Gasteiger partial charge in [0.15, 0.2) is 34.7 Å². The summed E-state index contributed by atoms with van der Waals surface area (Å²) in [6, 6.07) is 8.92. The van der Waals surface area contributed by atoms with Gasteiger partial charge in [-0.2, -0.15) is 0 Å². The van der Waals surface area contributed by atoms with Crippen LogP contribution in [0.2, 0.25) is 0 Å². The summed E-state index contributed by atoms with van der Waals surface area (Å²) in [5, 5.41) is 23.2. The topological polar surface area (TPSA) is 126 Å². The number of benzene rings is 2. The van der Waals surface area contributed by atoms with Crippen LogP contribution in [0.4, 0.5) is 5.69 Å². The molecule has 2 aromatic carbocycles. The summed E-state index contributed by atoms with van der Waals surface area (Å²) in [6.07, 6.45) is 11.3. The lowest BCUT2D eigenvalue weighted by Gasteiger charge is -2.19. The number of aromatic hydroxyl groups is 2. The highest BCUT2D eigenvalue weighted by Crippen LogP contribution is 2.36. The van der Waals surface area contributed by atoms with Gasteiger partial charge in [0.1, 0.15) is 0 Å². The third kappa shape index (κ3) is 7.93. The molecule has 0 amide bonds. The van der Waals surface area contributed by atoms with Crippen LogP contribution in [0.5, 0.6) is 23.0 Å². The van der Waals surface area contributed by atoms with Crippen LogP contribution >= 0.6 is 0 Å². The number of nitrogens with one attached hydrogen (secondary N) is 1. The number of aryl methyl sites for hydroxylation is 2. The lowest BCUT2D eigenvalue weighted by atomic mass is 9.96. The van der Waals surface area contributed by atoms with Crippen molar-refractivity contribution in [1.29, 1.82) is 0 Å². The standard InChI is InChI=1S/C28H37N3O5/c1-35-25-17-19(13-15-24(25)33)12-14-22(32)11-7-6-8-20-16-23(27(34)26(18-20)36-2)31-28(29)30-21-9-4-3-5-10-21/h7,11,13,15-18,21,33-34H,3-6,8-10,12,14H2,1-2H3,(H3,29,30,31). The number of aliphatic imine (C=N–C) groups is 1. The van der Waals surface area contributed by atoms with Crippen LogP contribution in [0.25, 0.3) is 0 Å². The number of guanidine groups is 1. The first-order valence-corrected chi connectivity index (χ1v) is 12.4. The Hall–Kier alpha value is -3.68.